The summed E-state index contributed by atoms with van der Waals surface area (Å²) in [5, 5.41) is 0. The van der Waals surface area contributed by atoms with Gasteiger partial charge in [0.2, 0.25) is 0 Å². The number of hydrogen-bond acceptors (Lipinski definition) is 3. The molecule has 0 aliphatic carbocycles. The van der Waals surface area contributed by atoms with Crippen LogP contribution in [0.1, 0.15) is 19.8 Å². The van der Waals surface area contributed by atoms with Crippen LogP contribution in [0.5, 0.6) is 0 Å². The molecule has 0 rings (SSSR count). The fraction of sp³-hybridized carbons (Fsp3) is 1.00. The molecule has 44 valence electrons. The Balaban J connectivity index is 2.68. The molecule has 0 radical (unpaired) electrons. The van der Waals surface area contributed by atoms with E-state index in [4.69, 9.17) is 5.84 Å². The Kier molecular flexibility index (Phi) is 4.60. The molecule has 0 heterocycles. The highest BCUT2D eigenvalue weighted by Crippen LogP contribution is 1.89. The standard InChI is InChI=1S/C4H12N2S/c1-2-3-4-6(5)7/h7H,2-5H2,1H3. The lowest BCUT2D eigenvalue weighted by atomic mass is 10.3. The van der Waals surface area contributed by atoms with Crippen molar-refractivity contribution in [3.63, 3.8) is 0 Å². The Bertz CT molecular complexity index is 38.7. The lowest BCUT2D eigenvalue weighted by Gasteiger charge is -2.03. The predicted molar refractivity (Wildman–Crippen MR) is 34.8 cm³/mol. The van der Waals surface area contributed by atoms with E-state index in [9.17, 15) is 0 Å². The summed E-state index contributed by atoms with van der Waals surface area (Å²) in [6.45, 7) is 3.00. The van der Waals surface area contributed by atoms with Gasteiger partial charge in [0, 0.05) is 6.54 Å². The lowest BCUT2D eigenvalue weighted by Crippen LogP contribution is -2.20. The summed E-state index contributed by atoms with van der Waals surface area (Å²) in [7, 11) is 0. The maximum atomic E-state index is 5.18. The average molecular weight is 120 g/mol. The van der Waals surface area contributed by atoms with Crippen LogP contribution in [0.25, 0.3) is 0 Å². The van der Waals surface area contributed by atoms with E-state index >= 15 is 0 Å². The molecule has 0 fully saturated rings. The quantitative estimate of drug-likeness (QED) is 0.328. The molecule has 0 bridgehead atoms. The van der Waals surface area contributed by atoms with Crippen LogP contribution in [-0.2, 0) is 0 Å². The summed E-state index contributed by atoms with van der Waals surface area (Å²) in [6, 6.07) is 0. The van der Waals surface area contributed by atoms with E-state index in [0.29, 0.717) is 0 Å². The maximum absolute atomic E-state index is 5.18. The first kappa shape index (κ1) is 7.27. The SMILES string of the molecule is CCCCN(N)S. The number of hydrazine groups is 1. The zero-order valence-electron chi connectivity index (χ0n) is 4.59. The Morgan fingerprint density at radius 1 is 1.71 bits per heavy atom. The minimum atomic E-state index is 0.875. The summed E-state index contributed by atoms with van der Waals surface area (Å²) < 4.78 is 1.41. The lowest BCUT2D eigenvalue weighted by molar-refractivity contribution is 0.485. The Labute approximate surface area is 50.2 Å². The molecule has 0 aliphatic rings. The van der Waals surface area contributed by atoms with Crippen molar-refractivity contribution in [2.45, 2.75) is 19.8 Å². The largest absolute Gasteiger partial charge is 0.259 e. The first-order chi connectivity index (χ1) is 3.27. The van der Waals surface area contributed by atoms with Crippen LogP contribution in [-0.4, -0.2) is 11.0 Å². The molecule has 0 unspecified atom stereocenters. The molecular weight excluding hydrogens is 108 g/mol. The molecule has 0 amide bonds. The van der Waals surface area contributed by atoms with E-state index in [0.717, 1.165) is 13.0 Å². The third kappa shape index (κ3) is 6.27. The Morgan fingerprint density at radius 2 is 2.29 bits per heavy atom. The van der Waals surface area contributed by atoms with E-state index in [-0.39, 0.29) is 0 Å². The second-order valence-corrected chi connectivity index (χ2v) is 2.03. The van der Waals surface area contributed by atoms with E-state index in [1.54, 1.807) is 0 Å². The van der Waals surface area contributed by atoms with Gasteiger partial charge in [-0.15, -0.1) is 0 Å². The second-order valence-electron chi connectivity index (χ2n) is 1.52. The summed E-state index contributed by atoms with van der Waals surface area (Å²) in [6.07, 6.45) is 2.30. The zero-order chi connectivity index (χ0) is 5.70. The minimum Gasteiger partial charge on any atom is -0.259 e. The van der Waals surface area contributed by atoms with Crippen LogP contribution in [0.15, 0.2) is 0 Å². The highest BCUT2D eigenvalue weighted by Gasteiger charge is 1.85. The van der Waals surface area contributed by atoms with Crippen LogP contribution >= 0.6 is 12.8 Å². The molecule has 0 aliphatic heterocycles. The zero-order valence-corrected chi connectivity index (χ0v) is 5.49. The van der Waals surface area contributed by atoms with E-state index in [1.807, 2.05) is 0 Å². The molecule has 2 N–H and O–H groups in total. The molecule has 3 heteroatoms. The van der Waals surface area contributed by atoms with Crippen molar-refractivity contribution < 1.29 is 0 Å². The number of nitrogens with two attached hydrogens (primary N) is 1. The summed E-state index contributed by atoms with van der Waals surface area (Å²) in [5.41, 5.74) is 0. The van der Waals surface area contributed by atoms with Crippen molar-refractivity contribution in [3.05, 3.63) is 0 Å². The summed E-state index contributed by atoms with van der Waals surface area (Å²) in [5.74, 6) is 5.18. The summed E-state index contributed by atoms with van der Waals surface area (Å²) in [4.78, 5) is 0. The van der Waals surface area contributed by atoms with Crippen molar-refractivity contribution in [3.8, 4) is 0 Å². The van der Waals surface area contributed by atoms with Gasteiger partial charge in [0.05, 0.1) is 0 Å². The van der Waals surface area contributed by atoms with Gasteiger partial charge in [-0.1, -0.05) is 26.2 Å². The third-order valence-corrected chi connectivity index (χ3v) is 0.941. The molecule has 0 aromatic carbocycles. The van der Waals surface area contributed by atoms with Crippen molar-refractivity contribution in [2.75, 3.05) is 6.54 Å². The van der Waals surface area contributed by atoms with Gasteiger partial charge in [0.15, 0.2) is 0 Å². The van der Waals surface area contributed by atoms with Gasteiger partial charge >= 0.3 is 0 Å². The fourth-order valence-electron chi connectivity index (χ4n) is 0.320. The van der Waals surface area contributed by atoms with Crippen molar-refractivity contribution in [2.24, 2.45) is 5.84 Å². The average Bonchev–Trinajstić information content (AvgIpc) is 1.61. The number of nitrogens with zero attached hydrogens (tertiary/aromatic N) is 1. The third-order valence-electron chi connectivity index (χ3n) is 0.741. The molecule has 0 aromatic heterocycles. The maximum Gasteiger partial charge on any atom is 0.0239 e. The van der Waals surface area contributed by atoms with Gasteiger partial charge in [-0.25, -0.2) is 0 Å². The monoisotopic (exact) mass is 120 g/mol. The first-order valence-electron chi connectivity index (χ1n) is 2.48. The molecule has 0 spiro atoms. The van der Waals surface area contributed by atoms with Crippen LogP contribution < -0.4 is 5.84 Å². The number of rotatable bonds is 3. The van der Waals surface area contributed by atoms with Crippen LogP contribution in [0.3, 0.4) is 0 Å². The molecular formula is C4H12N2S. The number of unbranched alkanes of at least 4 members (excludes halogenated alkanes) is 1. The van der Waals surface area contributed by atoms with Gasteiger partial charge in [-0.05, 0) is 6.42 Å². The predicted octanol–water partition coefficient (Wildman–Crippen LogP) is 0.807. The van der Waals surface area contributed by atoms with Crippen molar-refractivity contribution in [1.29, 1.82) is 0 Å². The highest BCUT2D eigenvalue weighted by molar-refractivity contribution is 7.77. The highest BCUT2D eigenvalue weighted by atomic mass is 32.1. The van der Waals surface area contributed by atoms with Crippen molar-refractivity contribution in [1.82, 2.24) is 4.41 Å². The van der Waals surface area contributed by atoms with Crippen LogP contribution in [0, 0.1) is 0 Å². The summed E-state index contributed by atoms with van der Waals surface area (Å²) >= 11 is 3.84. The van der Waals surface area contributed by atoms with Gasteiger partial charge < -0.3 is 0 Å². The second kappa shape index (κ2) is 4.43. The number of thiol groups is 1. The van der Waals surface area contributed by atoms with Crippen LogP contribution in [0.2, 0.25) is 0 Å². The minimum absolute atomic E-state index is 0.875. The van der Waals surface area contributed by atoms with Gasteiger partial charge in [-0.3, -0.25) is 5.84 Å². The molecule has 2 nitrogen and oxygen atoms in total. The molecule has 0 aromatic rings. The molecule has 7 heavy (non-hydrogen) atoms. The van der Waals surface area contributed by atoms with Crippen LogP contribution in [0.4, 0.5) is 0 Å². The smallest absolute Gasteiger partial charge is 0.0239 e. The first-order valence-corrected chi connectivity index (χ1v) is 2.88. The van der Waals surface area contributed by atoms with E-state index in [1.165, 1.54) is 10.8 Å². The van der Waals surface area contributed by atoms with Gasteiger partial charge in [0.25, 0.3) is 0 Å². The molecule has 0 saturated heterocycles. The van der Waals surface area contributed by atoms with Gasteiger partial charge in [0.1, 0.15) is 0 Å². The fourth-order valence-corrected chi connectivity index (χ4v) is 0.462. The number of hydrogen-bond donors (Lipinski definition) is 2. The Morgan fingerprint density at radius 3 is 2.43 bits per heavy atom. The van der Waals surface area contributed by atoms with E-state index < -0.39 is 0 Å². The van der Waals surface area contributed by atoms with Crippen molar-refractivity contribution >= 4 is 12.8 Å². The topological polar surface area (TPSA) is 29.3 Å². The Hall–Kier alpha value is 0.270. The molecule has 0 saturated carbocycles. The normalized spacial score (nSPS) is 10.3. The van der Waals surface area contributed by atoms with Gasteiger partial charge in [-0.2, -0.15) is 4.41 Å². The molecule has 0 atom stereocenters. The van der Waals surface area contributed by atoms with E-state index in [2.05, 4.69) is 19.7 Å².